The van der Waals surface area contributed by atoms with Crippen molar-refractivity contribution in [3.8, 4) is 0 Å². The van der Waals surface area contributed by atoms with Crippen molar-refractivity contribution in [3.63, 3.8) is 0 Å². The van der Waals surface area contributed by atoms with Gasteiger partial charge in [0.05, 0.1) is 31.9 Å². The highest BCUT2D eigenvalue weighted by molar-refractivity contribution is 5.74. The summed E-state index contributed by atoms with van der Waals surface area (Å²) in [6.45, 7) is 3.50. The number of rotatable bonds is 4. The van der Waals surface area contributed by atoms with Gasteiger partial charge in [-0.1, -0.05) is 6.07 Å². The number of methoxy groups -OCH3 is 1. The molecule has 0 aliphatic carbocycles. The van der Waals surface area contributed by atoms with Gasteiger partial charge in [0, 0.05) is 13.7 Å². The molecule has 7 heteroatoms. The van der Waals surface area contributed by atoms with Crippen LogP contribution in [-0.4, -0.2) is 50.4 Å². The number of urea groups is 1. The van der Waals surface area contributed by atoms with Crippen molar-refractivity contribution in [1.82, 2.24) is 10.2 Å². The number of amides is 2. The highest BCUT2D eigenvalue weighted by Gasteiger charge is 2.25. The van der Waals surface area contributed by atoms with Crippen LogP contribution in [-0.2, 0) is 9.47 Å². The summed E-state index contributed by atoms with van der Waals surface area (Å²) in [5, 5.41) is 2.78. The number of carbonyl (C=O) groups is 1. The molecule has 122 valence electrons. The van der Waals surface area contributed by atoms with Crippen molar-refractivity contribution in [2.45, 2.75) is 19.1 Å². The monoisotopic (exact) mass is 314 g/mol. The average molecular weight is 314 g/mol. The first kappa shape index (κ1) is 16.6. The standard InChI is InChI=1S/C15H20F2N2O3/c1-10(11-3-4-13(16)14(17)7-11)18-15(20)19-5-6-22-12(8-19)9-21-2/h3-4,7,10,12H,5-6,8-9H2,1-2H3,(H,18,20)/t10-,12+/m0/s1. The van der Waals surface area contributed by atoms with Crippen molar-refractivity contribution >= 4 is 6.03 Å². The van der Waals surface area contributed by atoms with Crippen molar-refractivity contribution < 1.29 is 23.0 Å². The molecule has 0 saturated carbocycles. The van der Waals surface area contributed by atoms with E-state index in [2.05, 4.69) is 5.32 Å². The summed E-state index contributed by atoms with van der Waals surface area (Å²) >= 11 is 0. The van der Waals surface area contributed by atoms with Gasteiger partial charge in [0.2, 0.25) is 0 Å². The molecule has 2 atom stereocenters. The Morgan fingerprint density at radius 1 is 1.50 bits per heavy atom. The van der Waals surface area contributed by atoms with Gasteiger partial charge in [-0.2, -0.15) is 0 Å². The topological polar surface area (TPSA) is 50.8 Å². The molecular formula is C15H20F2N2O3. The molecule has 0 bridgehead atoms. The van der Waals surface area contributed by atoms with E-state index in [0.29, 0.717) is 31.9 Å². The lowest BCUT2D eigenvalue weighted by molar-refractivity contribution is -0.0496. The summed E-state index contributed by atoms with van der Waals surface area (Å²) in [7, 11) is 1.58. The zero-order chi connectivity index (χ0) is 16.1. The van der Waals surface area contributed by atoms with E-state index in [-0.39, 0.29) is 12.1 Å². The van der Waals surface area contributed by atoms with Crippen LogP contribution in [0.1, 0.15) is 18.5 Å². The van der Waals surface area contributed by atoms with Gasteiger partial charge in [0.15, 0.2) is 11.6 Å². The van der Waals surface area contributed by atoms with Crippen molar-refractivity contribution in [3.05, 3.63) is 35.4 Å². The lowest BCUT2D eigenvalue weighted by atomic mass is 10.1. The Hall–Kier alpha value is -1.73. The van der Waals surface area contributed by atoms with Crippen LogP contribution in [0.3, 0.4) is 0 Å². The number of ether oxygens (including phenoxy) is 2. The molecule has 0 aromatic heterocycles. The number of carbonyl (C=O) groups excluding carboxylic acids is 1. The van der Waals surface area contributed by atoms with Crippen molar-refractivity contribution in [2.75, 3.05) is 33.4 Å². The first-order valence-corrected chi connectivity index (χ1v) is 7.12. The quantitative estimate of drug-likeness (QED) is 0.926. The lowest BCUT2D eigenvalue weighted by Gasteiger charge is -2.33. The van der Waals surface area contributed by atoms with Crippen molar-refractivity contribution in [1.29, 1.82) is 0 Å². The fourth-order valence-corrected chi connectivity index (χ4v) is 2.33. The van der Waals surface area contributed by atoms with Gasteiger partial charge in [-0.05, 0) is 24.6 Å². The molecule has 1 fully saturated rings. The maximum absolute atomic E-state index is 13.2. The second-order valence-corrected chi connectivity index (χ2v) is 5.24. The van der Waals surface area contributed by atoms with Crippen molar-refractivity contribution in [2.24, 2.45) is 0 Å². The third kappa shape index (κ3) is 4.14. The van der Waals surface area contributed by atoms with Gasteiger partial charge in [-0.25, -0.2) is 13.6 Å². The molecule has 0 spiro atoms. The largest absolute Gasteiger partial charge is 0.382 e. The Labute approximate surface area is 128 Å². The number of hydrogen-bond donors (Lipinski definition) is 1. The van der Waals surface area contributed by atoms with Crippen LogP contribution in [0, 0.1) is 11.6 Å². The van der Waals surface area contributed by atoms with Gasteiger partial charge < -0.3 is 19.7 Å². The summed E-state index contributed by atoms with van der Waals surface area (Å²) in [6, 6.07) is 2.91. The van der Waals surface area contributed by atoms with Crippen LogP contribution in [0.5, 0.6) is 0 Å². The van der Waals surface area contributed by atoms with Gasteiger partial charge >= 0.3 is 6.03 Å². The van der Waals surface area contributed by atoms with Gasteiger partial charge in [0.25, 0.3) is 0 Å². The zero-order valence-corrected chi connectivity index (χ0v) is 12.6. The van der Waals surface area contributed by atoms with E-state index in [0.717, 1.165) is 12.1 Å². The minimum atomic E-state index is -0.926. The normalized spacial score (nSPS) is 19.8. The molecule has 5 nitrogen and oxygen atoms in total. The Morgan fingerprint density at radius 3 is 2.95 bits per heavy atom. The maximum atomic E-state index is 13.2. The van der Waals surface area contributed by atoms with Crippen LogP contribution in [0.15, 0.2) is 18.2 Å². The third-order valence-electron chi connectivity index (χ3n) is 3.56. The van der Waals surface area contributed by atoms with E-state index in [1.54, 1.807) is 18.9 Å². The molecule has 1 heterocycles. The van der Waals surface area contributed by atoms with Crippen LogP contribution < -0.4 is 5.32 Å². The molecule has 1 aromatic carbocycles. The highest BCUT2D eigenvalue weighted by Crippen LogP contribution is 2.16. The minimum Gasteiger partial charge on any atom is -0.382 e. The summed E-state index contributed by atoms with van der Waals surface area (Å²) in [6.07, 6.45) is -0.150. The fraction of sp³-hybridized carbons (Fsp3) is 0.533. The van der Waals surface area contributed by atoms with E-state index in [1.807, 2.05) is 0 Å². The molecule has 1 saturated heterocycles. The maximum Gasteiger partial charge on any atom is 0.318 e. The number of halogens is 2. The Kier molecular flexibility index (Phi) is 5.68. The molecule has 1 aromatic rings. The highest BCUT2D eigenvalue weighted by atomic mass is 19.2. The molecule has 22 heavy (non-hydrogen) atoms. The van der Waals surface area contributed by atoms with Crippen LogP contribution in [0.2, 0.25) is 0 Å². The second-order valence-electron chi connectivity index (χ2n) is 5.24. The third-order valence-corrected chi connectivity index (χ3v) is 3.56. The van der Waals surface area contributed by atoms with Crippen LogP contribution in [0.4, 0.5) is 13.6 Å². The summed E-state index contributed by atoms with van der Waals surface area (Å²) in [4.78, 5) is 13.9. The van der Waals surface area contributed by atoms with Gasteiger partial charge in [-0.3, -0.25) is 0 Å². The Balaban J connectivity index is 1.94. The summed E-state index contributed by atoms with van der Waals surface area (Å²) in [5.41, 5.74) is 0.508. The van der Waals surface area contributed by atoms with Crippen LogP contribution in [0.25, 0.3) is 0 Å². The number of morpholine rings is 1. The average Bonchev–Trinajstić information content (AvgIpc) is 2.50. The smallest absolute Gasteiger partial charge is 0.318 e. The molecule has 2 amide bonds. The van der Waals surface area contributed by atoms with Gasteiger partial charge in [-0.15, -0.1) is 0 Å². The Bertz CT molecular complexity index is 526. The SMILES string of the molecule is COC[C@H]1CN(C(=O)N[C@@H](C)c2ccc(F)c(F)c2)CCO1. The van der Waals surface area contributed by atoms with Gasteiger partial charge in [0.1, 0.15) is 0 Å². The Morgan fingerprint density at radius 2 is 2.27 bits per heavy atom. The lowest BCUT2D eigenvalue weighted by Crippen LogP contribution is -2.51. The fourth-order valence-electron chi connectivity index (χ4n) is 2.33. The predicted octanol–water partition coefficient (Wildman–Crippen LogP) is 2.08. The first-order valence-electron chi connectivity index (χ1n) is 7.12. The van der Waals surface area contributed by atoms with E-state index >= 15 is 0 Å². The molecule has 1 aliphatic rings. The summed E-state index contributed by atoms with van der Waals surface area (Å²) < 4.78 is 36.7. The molecule has 2 rings (SSSR count). The minimum absolute atomic E-state index is 0.150. The molecule has 0 radical (unpaired) electrons. The zero-order valence-electron chi connectivity index (χ0n) is 12.6. The van der Waals surface area contributed by atoms with E-state index < -0.39 is 17.7 Å². The summed E-state index contributed by atoms with van der Waals surface area (Å²) in [5.74, 6) is -1.83. The predicted molar refractivity (Wildman–Crippen MR) is 76.5 cm³/mol. The molecule has 1 N–H and O–H groups in total. The first-order chi connectivity index (χ1) is 10.5. The number of nitrogens with one attached hydrogen (secondary N) is 1. The number of nitrogens with zero attached hydrogens (tertiary/aromatic N) is 1. The number of hydrogen-bond acceptors (Lipinski definition) is 3. The molecular weight excluding hydrogens is 294 g/mol. The van der Waals surface area contributed by atoms with E-state index in [4.69, 9.17) is 9.47 Å². The van der Waals surface area contributed by atoms with Crippen LogP contribution >= 0.6 is 0 Å². The second kappa shape index (κ2) is 7.51. The van der Waals surface area contributed by atoms with E-state index in [9.17, 15) is 13.6 Å². The van der Waals surface area contributed by atoms with E-state index in [1.165, 1.54) is 6.07 Å². The number of benzene rings is 1. The molecule has 0 unspecified atom stereocenters. The molecule has 1 aliphatic heterocycles.